The van der Waals surface area contributed by atoms with Crippen LogP contribution in [-0.2, 0) is 4.79 Å². The summed E-state index contributed by atoms with van der Waals surface area (Å²) in [6, 6.07) is 4.40. The summed E-state index contributed by atoms with van der Waals surface area (Å²) in [4.78, 5) is 12.6. The number of carbonyl (C=O) groups excluding carboxylic acids is 1. The Morgan fingerprint density at radius 3 is 2.00 bits per heavy atom. The summed E-state index contributed by atoms with van der Waals surface area (Å²) in [6.07, 6.45) is 3.75. The summed E-state index contributed by atoms with van der Waals surface area (Å²) in [5.41, 5.74) is -1.89. The predicted octanol–water partition coefficient (Wildman–Crippen LogP) is 3.46. The fourth-order valence-electron chi connectivity index (χ4n) is 3.81. The van der Waals surface area contributed by atoms with Gasteiger partial charge in [0.1, 0.15) is 5.78 Å². The molecule has 0 saturated heterocycles. The van der Waals surface area contributed by atoms with Crippen molar-refractivity contribution in [3.8, 4) is 12.1 Å². The molecule has 0 aromatic heterocycles. The molecule has 2 aliphatic carbocycles. The maximum Gasteiger partial charge on any atom is 0.160 e. The van der Waals surface area contributed by atoms with Gasteiger partial charge in [-0.2, -0.15) is 10.5 Å². The van der Waals surface area contributed by atoms with Crippen molar-refractivity contribution >= 4 is 5.78 Å². The molecule has 0 radical (unpaired) electrons. The zero-order chi connectivity index (χ0) is 14.5. The van der Waals surface area contributed by atoms with Crippen LogP contribution in [-0.4, -0.2) is 5.78 Å². The van der Waals surface area contributed by atoms with Crippen LogP contribution >= 0.6 is 0 Å². The van der Waals surface area contributed by atoms with Crippen LogP contribution in [0.4, 0.5) is 0 Å². The van der Waals surface area contributed by atoms with Gasteiger partial charge in [-0.15, -0.1) is 0 Å². The van der Waals surface area contributed by atoms with Crippen molar-refractivity contribution in [2.75, 3.05) is 0 Å². The lowest BCUT2D eigenvalue weighted by Gasteiger charge is -2.28. The molecule has 0 heterocycles. The van der Waals surface area contributed by atoms with Gasteiger partial charge in [-0.3, -0.25) is 4.79 Å². The minimum Gasteiger partial charge on any atom is -0.299 e. The average molecular weight is 258 g/mol. The maximum atomic E-state index is 12.6. The van der Waals surface area contributed by atoms with Crippen LogP contribution in [0.25, 0.3) is 0 Å². The van der Waals surface area contributed by atoms with E-state index < -0.39 is 10.8 Å². The van der Waals surface area contributed by atoms with E-state index in [0.29, 0.717) is 5.92 Å². The van der Waals surface area contributed by atoms with Crippen molar-refractivity contribution in [1.82, 2.24) is 0 Å². The molecule has 2 fully saturated rings. The van der Waals surface area contributed by atoms with Crippen molar-refractivity contribution < 1.29 is 4.79 Å². The first-order chi connectivity index (χ1) is 8.75. The van der Waals surface area contributed by atoms with E-state index in [-0.39, 0.29) is 17.1 Å². The summed E-state index contributed by atoms with van der Waals surface area (Å²) in [6.45, 7) is 7.85. The molecule has 0 aromatic carbocycles. The number of Topliss-reactive ketones (excluding diaryl/α,β-unsaturated/α-hetero) is 1. The van der Waals surface area contributed by atoms with E-state index in [4.69, 9.17) is 0 Å². The molecule has 19 heavy (non-hydrogen) atoms. The van der Waals surface area contributed by atoms with Crippen LogP contribution in [0.2, 0.25) is 0 Å². The van der Waals surface area contributed by atoms with Gasteiger partial charge in [-0.05, 0) is 18.8 Å². The zero-order valence-corrected chi connectivity index (χ0v) is 12.3. The third-order valence-electron chi connectivity index (χ3n) is 5.21. The molecule has 0 aliphatic heterocycles. The second kappa shape index (κ2) is 4.07. The van der Waals surface area contributed by atoms with Crippen LogP contribution in [0, 0.1) is 50.7 Å². The van der Waals surface area contributed by atoms with Gasteiger partial charge >= 0.3 is 0 Å². The van der Waals surface area contributed by atoms with E-state index >= 15 is 0 Å². The highest BCUT2D eigenvalue weighted by atomic mass is 16.1. The molecule has 0 unspecified atom stereocenters. The number of nitriles is 2. The van der Waals surface area contributed by atoms with E-state index in [2.05, 4.69) is 19.1 Å². The fourth-order valence-corrected chi connectivity index (χ4v) is 3.81. The van der Waals surface area contributed by atoms with Gasteiger partial charge in [-0.1, -0.05) is 40.5 Å². The Morgan fingerprint density at radius 1 is 1.16 bits per heavy atom. The highest BCUT2D eigenvalue weighted by Crippen LogP contribution is 2.75. The van der Waals surface area contributed by atoms with Gasteiger partial charge < -0.3 is 0 Å². The Bertz CT molecular complexity index is 464. The summed E-state index contributed by atoms with van der Waals surface area (Å²) < 4.78 is 0. The van der Waals surface area contributed by atoms with E-state index in [1.165, 1.54) is 0 Å². The monoisotopic (exact) mass is 258 g/mol. The molecular weight excluding hydrogens is 236 g/mol. The molecule has 2 aliphatic rings. The molecule has 1 spiro atoms. The molecular formula is C16H22N2O. The second-order valence-corrected chi connectivity index (χ2v) is 7.42. The molecule has 3 nitrogen and oxygen atoms in total. The average Bonchev–Trinajstić information content (AvgIpc) is 2.92. The van der Waals surface area contributed by atoms with Crippen LogP contribution in [0.3, 0.4) is 0 Å². The Balaban J connectivity index is 2.37. The van der Waals surface area contributed by atoms with E-state index in [1.54, 1.807) is 0 Å². The summed E-state index contributed by atoms with van der Waals surface area (Å²) in [5.74, 6) is 0.361. The Labute approximate surface area is 115 Å². The van der Waals surface area contributed by atoms with Crippen LogP contribution < -0.4 is 0 Å². The molecule has 0 aromatic rings. The van der Waals surface area contributed by atoms with Crippen molar-refractivity contribution in [1.29, 1.82) is 10.5 Å². The smallest absolute Gasteiger partial charge is 0.160 e. The number of nitrogens with zero attached hydrogens (tertiary/aromatic N) is 2. The minimum absolute atomic E-state index is 0.0881. The quantitative estimate of drug-likeness (QED) is 0.723. The first-order valence-corrected chi connectivity index (χ1v) is 7.12. The summed E-state index contributed by atoms with van der Waals surface area (Å²) in [7, 11) is 0. The highest BCUT2D eigenvalue weighted by Gasteiger charge is 2.81. The molecule has 102 valence electrons. The van der Waals surface area contributed by atoms with Crippen LogP contribution in [0.5, 0.6) is 0 Å². The minimum atomic E-state index is -1.06. The zero-order valence-electron chi connectivity index (χ0n) is 12.3. The van der Waals surface area contributed by atoms with Gasteiger partial charge in [0, 0.05) is 10.8 Å². The largest absolute Gasteiger partial charge is 0.299 e. The maximum absolute atomic E-state index is 12.6. The number of rotatable bonds is 1. The van der Waals surface area contributed by atoms with Crippen molar-refractivity contribution in [2.45, 2.75) is 53.4 Å². The van der Waals surface area contributed by atoms with E-state index in [0.717, 1.165) is 25.7 Å². The standard InChI is InChI=1S/C16H22N2O/c1-11-5-7-15(8-6-11)12(13(19)14(2,3)4)16(15,9-17)10-18/h11-12H,5-8H2,1-4H3/t11?,12-,15?/m1/s1. The van der Waals surface area contributed by atoms with Gasteiger partial charge in [0.2, 0.25) is 0 Å². The normalized spacial score (nSPS) is 36.3. The number of hydrogen-bond donors (Lipinski definition) is 0. The third kappa shape index (κ3) is 1.71. The van der Waals surface area contributed by atoms with E-state index in [1.807, 2.05) is 20.8 Å². The van der Waals surface area contributed by atoms with Gasteiger partial charge in [0.05, 0.1) is 18.1 Å². The summed E-state index contributed by atoms with van der Waals surface area (Å²) >= 11 is 0. The molecule has 3 heteroatoms. The summed E-state index contributed by atoms with van der Waals surface area (Å²) in [5, 5.41) is 19.0. The lowest BCUT2D eigenvalue weighted by molar-refractivity contribution is -0.128. The number of hydrogen-bond acceptors (Lipinski definition) is 3. The van der Waals surface area contributed by atoms with E-state index in [9.17, 15) is 15.3 Å². The van der Waals surface area contributed by atoms with Crippen molar-refractivity contribution in [3.05, 3.63) is 0 Å². The number of carbonyl (C=O) groups is 1. The van der Waals surface area contributed by atoms with Crippen molar-refractivity contribution in [2.24, 2.45) is 28.1 Å². The SMILES string of the molecule is CC1CCC2(CC1)[C@@H](C(=O)C(C)(C)C)C2(C#N)C#N. The lowest BCUT2D eigenvalue weighted by atomic mass is 9.75. The van der Waals surface area contributed by atoms with Crippen LogP contribution in [0.1, 0.15) is 53.4 Å². The van der Waals surface area contributed by atoms with Crippen molar-refractivity contribution in [3.63, 3.8) is 0 Å². The first-order valence-electron chi connectivity index (χ1n) is 7.12. The lowest BCUT2D eigenvalue weighted by Crippen LogP contribution is -2.26. The van der Waals surface area contributed by atoms with Gasteiger partial charge in [0.15, 0.2) is 5.41 Å². The molecule has 0 amide bonds. The molecule has 2 rings (SSSR count). The van der Waals surface area contributed by atoms with Gasteiger partial charge in [-0.25, -0.2) is 0 Å². The van der Waals surface area contributed by atoms with Crippen LogP contribution in [0.15, 0.2) is 0 Å². The Morgan fingerprint density at radius 2 is 1.63 bits per heavy atom. The molecule has 1 atom stereocenters. The molecule has 0 N–H and O–H groups in total. The Hall–Kier alpha value is -1.35. The first kappa shape index (κ1) is 14.1. The fraction of sp³-hybridized carbons (Fsp3) is 0.812. The second-order valence-electron chi connectivity index (χ2n) is 7.42. The molecule has 2 saturated carbocycles. The Kier molecular flexibility index (Phi) is 3.01. The third-order valence-corrected chi connectivity index (χ3v) is 5.21. The highest BCUT2D eigenvalue weighted by molar-refractivity contribution is 5.92. The topological polar surface area (TPSA) is 64.7 Å². The predicted molar refractivity (Wildman–Crippen MR) is 71.7 cm³/mol. The molecule has 0 bridgehead atoms. The number of ketones is 1. The van der Waals surface area contributed by atoms with Gasteiger partial charge in [0.25, 0.3) is 0 Å².